The van der Waals surface area contributed by atoms with Crippen LogP contribution in [0.15, 0.2) is 30.3 Å². The van der Waals surface area contributed by atoms with Gasteiger partial charge in [-0.05, 0) is 25.8 Å². The van der Waals surface area contributed by atoms with E-state index < -0.39 is 5.92 Å². The molecule has 1 fully saturated rings. The first-order chi connectivity index (χ1) is 8.47. The molecule has 0 bridgehead atoms. The van der Waals surface area contributed by atoms with Gasteiger partial charge in [0.1, 0.15) is 0 Å². The van der Waals surface area contributed by atoms with Crippen LogP contribution in [0, 0.1) is 5.92 Å². The van der Waals surface area contributed by atoms with Gasteiger partial charge in [-0.1, -0.05) is 30.3 Å². The summed E-state index contributed by atoms with van der Waals surface area (Å²) in [5.41, 5.74) is 0.0606. The Bertz CT molecular complexity index is 377. The lowest BCUT2D eigenvalue weighted by Crippen LogP contribution is -2.40. The zero-order valence-corrected chi connectivity index (χ0v) is 10.5. The van der Waals surface area contributed by atoms with Crippen LogP contribution in [0.3, 0.4) is 0 Å². The van der Waals surface area contributed by atoms with Crippen LogP contribution < -0.4 is 0 Å². The molecule has 1 aliphatic carbocycles. The average molecular weight is 255 g/mol. The van der Waals surface area contributed by atoms with Gasteiger partial charge in [0.2, 0.25) is 0 Å². The zero-order valence-electron chi connectivity index (χ0n) is 10.5. The smallest absolute Gasteiger partial charge is 0.285 e. The fourth-order valence-electron chi connectivity index (χ4n) is 2.47. The van der Waals surface area contributed by atoms with Gasteiger partial charge in [0.05, 0.1) is 12.6 Å². The lowest BCUT2D eigenvalue weighted by Gasteiger charge is -2.35. The van der Waals surface area contributed by atoms with E-state index in [0.717, 1.165) is 12.8 Å². The highest BCUT2D eigenvalue weighted by Crippen LogP contribution is 2.31. The van der Waals surface area contributed by atoms with Crippen molar-refractivity contribution in [2.24, 2.45) is 5.92 Å². The number of rotatable bonds is 5. The normalized spacial score (nSPS) is 24.1. The molecule has 1 aromatic rings. The van der Waals surface area contributed by atoms with Gasteiger partial charge in [-0.25, -0.2) is 0 Å². The Morgan fingerprint density at radius 3 is 2.44 bits per heavy atom. The molecule has 0 spiro atoms. The van der Waals surface area contributed by atoms with Crippen molar-refractivity contribution in [3.05, 3.63) is 35.9 Å². The number of likely N-dealkylation sites (N-methyl/N-ethyl adjacent to an activating group) is 1. The Balaban J connectivity index is 1.87. The molecule has 1 aliphatic rings. The van der Waals surface area contributed by atoms with Crippen LogP contribution in [0.1, 0.15) is 18.4 Å². The summed E-state index contributed by atoms with van der Waals surface area (Å²) < 4.78 is 27.9. The van der Waals surface area contributed by atoms with Crippen molar-refractivity contribution >= 4 is 0 Å². The highest BCUT2D eigenvalue weighted by Gasteiger charge is 2.35. The third-order valence-electron chi connectivity index (χ3n) is 3.45. The maximum absolute atomic E-state index is 14.0. The molecule has 1 N–H and O–H groups in total. The van der Waals surface area contributed by atoms with Crippen molar-refractivity contribution < 1.29 is 13.9 Å². The fraction of sp³-hybridized carbons (Fsp3) is 0.571. The van der Waals surface area contributed by atoms with E-state index in [4.69, 9.17) is 0 Å². The predicted octanol–water partition coefficient (Wildman–Crippen LogP) is 2.48. The molecule has 2 nitrogen and oxygen atoms in total. The monoisotopic (exact) mass is 255 g/mol. The summed E-state index contributed by atoms with van der Waals surface area (Å²) >= 11 is 0. The molecule has 0 unspecified atom stereocenters. The van der Waals surface area contributed by atoms with Gasteiger partial charge >= 0.3 is 0 Å². The molecule has 2 rings (SSSR count). The van der Waals surface area contributed by atoms with Crippen molar-refractivity contribution in [3.63, 3.8) is 0 Å². The number of hydrogen-bond acceptors (Lipinski definition) is 2. The van der Waals surface area contributed by atoms with Crippen LogP contribution in [0.2, 0.25) is 0 Å². The van der Waals surface area contributed by atoms with E-state index in [0.29, 0.717) is 12.5 Å². The highest BCUT2D eigenvalue weighted by molar-refractivity contribution is 5.20. The third-order valence-corrected chi connectivity index (χ3v) is 3.45. The third kappa shape index (κ3) is 3.27. The SMILES string of the molecule is CN(CC1CC(O)C1)CC(F)(F)c1ccccc1. The largest absolute Gasteiger partial charge is 0.393 e. The summed E-state index contributed by atoms with van der Waals surface area (Å²) in [6, 6.07) is 7.91. The Morgan fingerprint density at radius 2 is 1.89 bits per heavy atom. The summed E-state index contributed by atoms with van der Waals surface area (Å²) in [4.78, 5) is 1.66. The molecule has 18 heavy (non-hydrogen) atoms. The Labute approximate surface area is 106 Å². The second-order valence-electron chi connectivity index (χ2n) is 5.26. The molecule has 1 saturated carbocycles. The summed E-state index contributed by atoms with van der Waals surface area (Å²) in [6.07, 6.45) is 1.25. The summed E-state index contributed by atoms with van der Waals surface area (Å²) in [7, 11) is 1.71. The zero-order chi connectivity index (χ0) is 13.2. The maximum Gasteiger partial charge on any atom is 0.285 e. The van der Waals surface area contributed by atoms with Gasteiger partial charge in [0.25, 0.3) is 5.92 Å². The van der Waals surface area contributed by atoms with E-state index in [1.165, 1.54) is 12.1 Å². The number of halogens is 2. The van der Waals surface area contributed by atoms with E-state index in [1.807, 2.05) is 0 Å². The topological polar surface area (TPSA) is 23.5 Å². The molecule has 0 aromatic heterocycles. The van der Waals surface area contributed by atoms with E-state index in [9.17, 15) is 13.9 Å². The number of aliphatic hydroxyl groups excluding tert-OH is 1. The Morgan fingerprint density at radius 1 is 1.28 bits per heavy atom. The molecule has 0 radical (unpaired) electrons. The van der Waals surface area contributed by atoms with Crippen LogP contribution in [0.25, 0.3) is 0 Å². The number of aliphatic hydroxyl groups is 1. The number of hydrogen-bond donors (Lipinski definition) is 1. The van der Waals surface area contributed by atoms with Gasteiger partial charge in [0.15, 0.2) is 0 Å². The second kappa shape index (κ2) is 5.33. The first-order valence-corrected chi connectivity index (χ1v) is 6.27. The molecule has 4 heteroatoms. The highest BCUT2D eigenvalue weighted by atomic mass is 19.3. The van der Waals surface area contributed by atoms with Gasteiger partial charge in [0, 0.05) is 12.1 Å². The first kappa shape index (κ1) is 13.4. The standard InChI is InChI=1S/C14H19F2NO/c1-17(9-11-7-13(18)8-11)10-14(15,16)12-5-3-2-4-6-12/h2-6,11,13,18H,7-10H2,1H3. The van der Waals surface area contributed by atoms with Crippen LogP contribution in [0.5, 0.6) is 0 Å². The lowest BCUT2D eigenvalue weighted by atomic mass is 9.82. The molecule has 0 atom stereocenters. The number of nitrogens with zero attached hydrogens (tertiary/aromatic N) is 1. The van der Waals surface area contributed by atoms with Crippen molar-refractivity contribution in [3.8, 4) is 0 Å². The minimum atomic E-state index is -2.82. The number of benzene rings is 1. The van der Waals surface area contributed by atoms with Crippen molar-refractivity contribution in [1.82, 2.24) is 4.90 Å². The Kier molecular flexibility index (Phi) is 3.97. The maximum atomic E-state index is 14.0. The molecule has 1 aromatic carbocycles. The Hall–Kier alpha value is -1.00. The molecule has 0 saturated heterocycles. The molecular formula is C14H19F2NO. The van der Waals surface area contributed by atoms with Gasteiger partial charge < -0.3 is 5.11 Å². The van der Waals surface area contributed by atoms with Crippen molar-refractivity contribution in [1.29, 1.82) is 0 Å². The molecule has 0 aliphatic heterocycles. The quantitative estimate of drug-likeness (QED) is 0.873. The van der Waals surface area contributed by atoms with E-state index in [-0.39, 0.29) is 18.2 Å². The van der Waals surface area contributed by atoms with Gasteiger partial charge in [-0.15, -0.1) is 0 Å². The van der Waals surface area contributed by atoms with Crippen LogP contribution in [-0.2, 0) is 5.92 Å². The summed E-state index contributed by atoms with van der Waals surface area (Å²) in [5.74, 6) is -2.46. The second-order valence-corrected chi connectivity index (χ2v) is 5.26. The number of alkyl halides is 2. The van der Waals surface area contributed by atoms with E-state index in [1.54, 1.807) is 30.1 Å². The van der Waals surface area contributed by atoms with E-state index >= 15 is 0 Å². The van der Waals surface area contributed by atoms with Gasteiger partial charge in [-0.3, -0.25) is 4.90 Å². The molecule has 100 valence electrons. The molecule has 0 amide bonds. The van der Waals surface area contributed by atoms with E-state index in [2.05, 4.69) is 0 Å². The minimum absolute atomic E-state index is 0.0606. The summed E-state index contributed by atoms with van der Waals surface area (Å²) in [6.45, 7) is 0.350. The fourth-order valence-corrected chi connectivity index (χ4v) is 2.47. The lowest BCUT2D eigenvalue weighted by molar-refractivity contribution is -0.0441. The van der Waals surface area contributed by atoms with Gasteiger partial charge in [-0.2, -0.15) is 8.78 Å². The molecular weight excluding hydrogens is 236 g/mol. The first-order valence-electron chi connectivity index (χ1n) is 6.27. The van der Waals surface area contributed by atoms with Crippen LogP contribution >= 0.6 is 0 Å². The van der Waals surface area contributed by atoms with Crippen LogP contribution in [-0.4, -0.2) is 36.2 Å². The predicted molar refractivity (Wildman–Crippen MR) is 66.6 cm³/mol. The van der Waals surface area contributed by atoms with Crippen molar-refractivity contribution in [2.75, 3.05) is 20.1 Å². The minimum Gasteiger partial charge on any atom is -0.393 e. The molecule has 0 heterocycles. The van der Waals surface area contributed by atoms with Crippen molar-refractivity contribution in [2.45, 2.75) is 24.9 Å². The van der Waals surface area contributed by atoms with Crippen LogP contribution in [0.4, 0.5) is 8.78 Å². The summed E-state index contributed by atoms with van der Waals surface area (Å²) in [5, 5.41) is 9.18. The average Bonchev–Trinajstić information content (AvgIpc) is 2.27.